The minimum atomic E-state index is -0.908. The Balaban J connectivity index is 1.87. The monoisotopic (exact) mass is 513 g/mol. The first kappa shape index (κ1) is 26.7. The number of carbonyl (C=O) groups excluding carboxylic acids is 3. The van der Waals surface area contributed by atoms with E-state index in [-0.39, 0.29) is 23.5 Å². The summed E-state index contributed by atoms with van der Waals surface area (Å²) in [5.41, 5.74) is 2.45. The number of rotatable bonds is 8. The van der Waals surface area contributed by atoms with E-state index < -0.39 is 23.7 Å². The molecule has 4 rings (SSSR count). The van der Waals surface area contributed by atoms with Crippen LogP contribution >= 0.6 is 0 Å². The second-order valence-electron chi connectivity index (χ2n) is 9.53. The van der Waals surface area contributed by atoms with Crippen molar-refractivity contribution in [3.05, 3.63) is 101 Å². The Morgan fingerprint density at radius 3 is 2.39 bits per heavy atom. The fourth-order valence-electron chi connectivity index (χ4n) is 4.44. The molecule has 1 heterocycles. The van der Waals surface area contributed by atoms with Gasteiger partial charge in [0, 0.05) is 11.3 Å². The summed E-state index contributed by atoms with van der Waals surface area (Å²) >= 11 is 0. The number of aryl methyl sites for hydroxylation is 1. The van der Waals surface area contributed by atoms with Gasteiger partial charge >= 0.3 is 5.97 Å². The molecule has 3 aromatic rings. The molecule has 1 aliphatic rings. The summed E-state index contributed by atoms with van der Waals surface area (Å²) < 4.78 is 10.9. The lowest BCUT2D eigenvalue weighted by Crippen LogP contribution is -2.30. The summed E-state index contributed by atoms with van der Waals surface area (Å²) in [4.78, 5) is 40.7. The summed E-state index contributed by atoms with van der Waals surface area (Å²) in [6.07, 6.45) is 0. The highest BCUT2D eigenvalue weighted by atomic mass is 16.5. The zero-order valence-electron chi connectivity index (χ0n) is 21.9. The third-order valence-electron chi connectivity index (χ3n) is 6.25. The largest absolute Gasteiger partial charge is 0.507 e. The minimum Gasteiger partial charge on any atom is -0.507 e. The van der Waals surface area contributed by atoms with E-state index in [0.29, 0.717) is 35.1 Å². The molecule has 1 aliphatic heterocycles. The molecule has 0 bridgehead atoms. The van der Waals surface area contributed by atoms with Gasteiger partial charge in [-0.25, -0.2) is 4.79 Å². The summed E-state index contributed by atoms with van der Waals surface area (Å²) in [5, 5.41) is 11.5. The van der Waals surface area contributed by atoms with E-state index in [9.17, 15) is 19.5 Å². The third kappa shape index (κ3) is 5.32. The Morgan fingerprint density at radius 1 is 0.974 bits per heavy atom. The number of hydrogen-bond acceptors (Lipinski definition) is 6. The number of esters is 1. The number of anilines is 1. The van der Waals surface area contributed by atoms with Crippen LogP contribution in [0.25, 0.3) is 5.76 Å². The van der Waals surface area contributed by atoms with E-state index >= 15 is 0 Å². The molecule has 7 heteroatoms. The summed E-state index contributed by atoms with van der Waals surface area (Å²) in [5.74, 6) is -1.58. The third-order valence-corrected chi connectivity index (χ3v) is 6.25. The maximum absolute atomic E-state index is 13.5. The number of aliphatic hydroxyl groups excluding tert-OH is 1. The number of benzene rings is 3. The van der Waals surface area contributed by atoms with Crippen molar-refractivity contribution in [3.63, 3.8) is 0 Å². The lowest BCUT2D eigenvalue weighted by atomic mass is 9.92. The standard InChI is InChI=1S/C31H31NO6/c1-5-37-31(36)22-12-8-13-23(16-22)32-27(25-15-7-6-10-20(25)4)26(29(34)30(32)35)28(33)21-11-9-14-24(17-21)38-18-19(2)3/h6-17,19,27,33H,5,18H2,1-4H3/b28-26+. The highest BCUT2D eigenvalue weighted by molar-refractivity contribution is 6.51. The van der Waals surface area contributed by atoms with Crippen molar-refractivity contribution in [2.24, 2.45) is 5.92 Å². The number of nitrogens with zero attached hydrogens (tertiary/aromatic N) is 1. The number of Topliss-reactive ketones (excluding diaryl/α,β-unsaturated/α-hetero) is 1. The van der Waals surface area contributed by atoms with Gasteiger partial charge in [0.1, 0.15) is 11.5 Å². The lowest BCUT2D eigenvalue weighted by Gasteiger charge is -2.27. The quantitative estimate of drug-likeness (QED) is 0.176. The number of hydrogen-bond donors (Lipinski definition) is 1. The molecule has 3 aromatic carbocycles. The molecule has 0 aliphatic carbocycles. The Hall–Kier alpha value is -4.39. The van der Waals surface area contributed by atoms with Crippen LogP contribution in [-0.4, -0.2) is 36.0 Å². The van der Waals surface area contributed by atoms with Crippen LogP contribution < -0.4 is 9.64 Å². The summed E-state index contributed by atoms with van der Waals surface area (Å²) in [7, 11) is 0. The first-order valence-electron chi connectivity index (χ1n) is 12.6. The van der Waals surface area contributed by atoms with Gasteiger partial charge in [-0.05, 0) is 61.2 Å². The smallest absolute Gasteiger partial charge is 0.338 e. The molecule has 1 saturated heterocycles. The molecular weight excluding hydrogens is 482 g/mol. The maximum atomic E-state index is 13.5. The zero-order valence-corrected chi connectivity index (χ0v) is 21.9. The number of carbonyl (C=O) groups is 3. The molecule has 1 atom stereocenters. The molecule has 0 aromatic heterocycles. The molecule has 1 unspecified atom stereocenters. The van der Waals surface area contributed by atoms with Crippen molar-refractivity contribution in [1.82, 2.24) is 0 Å². The minimum absolute atomic E-state index is 0.0353. The van der Waals surface area contributed by atoms with Crippen LogP contribution in [0.5, 0.6) is 5.75 Å². The second-order valence-corrected chi connectivity index (χ2v) is 9.53. The van der Waals surface area contributed by atoms with E-state index in [1.807, 2.05) is 45.0 Å². The number of amides is 1. The van der Waals surface area contributed by atoms with Gasteiger partial charge in [-0.2, -0.15) is 0 Å². The van der Waals surface area contributed by atoms with E-state index in [1.54, 1.807) is 49.4 Å². The van der Waals surface area contributed by atoms with Gasteiger partial charge in [-0.3, -0.25) is 14.5 Å². The van der Waals surface area contributed by atoms with Gasteiger partial charge in [0.25, 0.3) is 11.7 Å². The number of aliphatic hydroxyl groups is 1. The average molecular weight is 514 g/mol. The van der Waals surface area contributed by atoms with Crippen molar-refractivity contribution in [1.29, 1.82) is 0 Å². The zero-order chi connectivity index (χ0) is 27.4. The second kappa shape index (κ2) is 11.3. The molecule has 0 spiro atoms. The van der Waals surface area contributed by atoms with Crippen LogP contribution in [0, 0.1) is 12.8 Å². The Bertz CT molecular complexity index is 1410. The molecule has 0 radical (unpaired) electrons. The van der Waals surface area contributed by atoms with Crippen molar-refractivity contribution < 1.29 is 29.0 Å². The van der Waals surface area contributed by atoms with Gasteiger partial charge < -0.3 is 14.6 Å². The maximum Gasteiger partial charge on any atom is 0.338 e. The van der Waals surface area contributed by atoms with Gasteiger partial charge in [0.15, 0.2) is 0 Å². The van der Waals surface area contributed by atoms with Crippen LogP contribution in [0.1, 0.15) is 53.9 Å². The number of ketones is 1. The van der Waals surface area contributed by atoms with Crippen LogP contribution in [-0.2, 0) is 14.3 Å². The van der Waals surface area contributed by atoms with Gasteiger partial charge in [0.05, 0.1) is 30.4 Å². The van der Waals surface area contributed by atoms with Gasteiger partial charge in [0.2, 0.25) is 0 Å². The van der Waals surface area contributed by atoms with Crippen molar-refractivity contribution in [2.75, 3.05) is 18.1 Å². The summed E-state index contributed by atoms with van der Waals surface area (Å²) in [6, 6.07) is 19.7. The average Bonchev–Trinajstić information content (AvgIpc) is 3.17. The molecule has 196 valence electrons. The topological polar surface area (TPSA) is 93.1 Å². The fourth-order valence-corrected chi connectivity index (χ4v) is 4.44. The van der Waals surface area contributed by atoms with Crippen LogP contribution in [0.15, 0.2) is 78.4 Å². The Morgan fingerprint density at radius 2 is 1.68 bits per heavy atom. The van der Waals surface area contributed by atoms with Gasteiger partial charge in [-0.1, -0.05) is 56.3 Å². The first-order valence-corrected chi connectivity index (χ1v) is 12.6. The molecule has 7 nitrogen and oxygen atoms in total. The normalized spacial score (nSPS) is 16.7. The van der Waals surface area contributed by atoms with Crippen molar-refractivity contribution in [2.45, 2.75) is 33.7 Å². The molecule has 38 heavy (non-hydrogen) atoms. The van der Waals surface area contributed by atoms with Gasteiger partial charge in [-0.15, -0.1) is 0 Å². The van der Waals surface area contributed by atoms with Crippen molar-refractivity contribution >= 4 is 29.1 Å². The van der Waals surface area contributed by atoms with E-state index in [0.717, 1.165) is 5.56 Å². The van der Waals surface area contributed by atoms with E-state index in [1.165, 1.54) is 11.0 Å². The van der Waals surface area contributed by atoms with Crippen LogP contribution in [0.2, 0.25) is 0 Å². The van der Waals surface area contributed by atoms with Crippen LogP contribution in [0.4, 0.5) is 5.69 Å². The van der Waals surface area contributed by atoms with Crippen LogP contribution in [0.3, 0.4) is 0 Å². The molecule has 1 fully saturated rings. The number of ether oxygens (including phenoxy) is 2. The van der Waals surface area contributed by atoms with E-state index in [2.05, 4.69) is 0 Å². The lowest BCUT2D eigenvalue weighted by molar-refractivity contribution is -0.132. The SMILES string of the molecule is CCOC(=O)c1cccc(N2C(=O)C(=O)/C(=C(/O)c3cccc(OCC(C)C)c3)C2c2ccccc2C)c1. The highest BCUT2D eigenvalue weighted by Gasteiger charge is 2.47. The first-order chi connectivity index (χ1) is 18.2. The molecular formula is C31H31NO6. The Labute approximate surface area is 222 Å². The predicted molar refractivity (Wildman–Crippen MR) is 145 cm³/mol. The molecule has 1 N–H and O–H groups in total. The van der Waals surface area contributed by atoms with Crippen molar-refractivity contribution in [3.8, 4) is 5.75 Å². The fraction of sp³-hybridized carbons (Fsp3) is 0.258. The highest BCUT2D eigenvalue weighted by Crippen LogP contribution is 2.43. The summed E-state index contributed by atoms with van der Waals surface area (Å²) in [6.45, 7) is 8.35. The van der Waals surface area contributed by atoms with E-state index in [4.69, 9.17) is 9.47 Å². The Kier molecular flexibility index (Phi) is 7.96. The molecule has 0 saturated carbocycles. The molecule has 1 amide bonds. The predicted octanol–water partition coefficient (Wildman–Crippen LogP) is 5.83.